The summed E-state index contributed by atoms with van der Waals surface area (Å²) in [4.78, 5) is 17.3. The molecule has 4 nitrogen and oxygen atoms in total. The Balaban J connectivity index is 2.06. The van der Waals surface area contributed by atoms with Crippen molar-refractivity contribution in [2.45, 2.75) is 13.5 Å². The van der Waals surface area contributed by atoms with Gasteiger partial charge in [0.05, 0.1) is 18.0 Å². The number of fused-ring (bicyclic) bond motifs is 1. The van der Waals surface area contributed by atoms with Gasteiger partial charge in [0.15, 0.2) is 0 Å². The van der Waals surface area contributed by atoms with Gasteiger partial charge in [0.25, 0.3) is 5.56 Å². The van der Waals surface area contributed by atoms with Crippen molar-refractivity contribution in [2.24, 2.45) is 0 Å². The zero-order valence-electron chi connectivity index (χ0n) is 13.5. The topological polar surface area (TPSA) is 44.1 Å². The van der Waals surface area contributed by atoms with Gasteiger partial charge in [-0.05, 0) is 71.5 Å². The summed E-state index contributed by atoms with van der Waals surface area (Å²) in [5.74, 6) is 1.48. The fourth-order valence-electron chi connectivity index (χ4n) is 2.53. The number of methoxy groups -OCH3 is 1. The summed E-state index contributed by atoms with van der Waals surface area (Å²) in [7, 11) is 1.64. The van der Waals surface area contributed by atoms with Crippen LogP contribution in [0.2, 0.25) is 0 Å². The Hall–Kier alpha value is -2.15. The van der Waals surface area contributed by atoms with Gasteiger partial charge in [0.1, 0.15) is 11.6 Å². The summed E-state index contributed by atoms with van der Waals surface area (Å²) in [6, 6.07) is 13.5. The maximum Gasteiger partial charge on any atom is 0.261 e. The van der Waals surface area contributed by atoms with Crippen molar-refractivity contribution in [3.63, 3.8) is 0 Å². The predicted molar refractivity (Wildman–Crippen MR) is 106 cm³/mol. The first-order valence-corrected chi connectivity index (χ1v) is 8.72. The molecule has 0 saturated heterocycles. The summed E-state index contributed by atoms with van der Waals surface area (Å²) in [5.41, 5.74) is 1.74. The van der Waals surface area contributed by atoms with E-state index in [1.807, 2.05) is 61.5 Å². The molecule has 0 unspecified atom stereocenters. The largest absolute Gasteiger partial charge is 0.497 e. The number of ether oxygens (including phenoxy) is 1. The number of benzene rings is 2. The highest BCUT2D eigenvalue weighted by Gasteiger charge is 2.08. The Morgan fingerprint density at radius 3 is 2.58 bits per heavy atom. The van der Waals surface area contributed by atoms with E-state index in [9.17, 15) is 4.79 Å². The van der Waals surface area contributed by atoms with Gasteiger partial charge in [0.2, 0.25) is 0 Å². The van der Waals surface area contributed by atoms with E-state index in [1.165, 1.54) is 0 Å². The molecule has 0 aliphatic heterocycles. The molecule has 0 spiro atoms. The van der Waals surface area contributed by atoms with E-state index in [0.29, 0.717) is 17.8 Å². The lowest BCUT2D eigenvalue weighted by molar-refractivity contribution is 0.415. The highest BCUT2D eigenvalue weighted by Crippen LogP contribution is 2.16. The van der Waals surface area contributed by atoms with Crippen molar-refractivity contribution in [1.82, 2.24) is 9.55 Å². The van der Waals surface area contributed by atoms with Crippen LogP contribution in [0.1, 0.15) is 18.3 Å². The lowest BCUT2D eigenvalue weighted by atomic mass is 10.2. The van der Waals surface area contributed by atoms with Crippen LogP contribution in [-0.4, -0.2) is 16.7 Å². The quantitative estimate of drug-likeness (QED) is 0.581. The molecule has 0 aliphatic rings. The molecule has 0 amide bonds. The molecule has 2 aromatic carbocycles. The molecule has 0 atom stereocenters. The molecule has 3 aromatic rings. The lowest BCUT2D eigenvalue weighted by Gasteiger charge is -2.09. The van der Waals surface area contributed by atoms with Crippen molar-refractivity contribution in [2.75, 3.05) is 7.11 Å². The highest BCUT2D eigenvalue weighted by molar-refractivity contribution is 14.1. The molecule has 0 saturated carbocycles. The molecule has 0 aliphatic carbocycles. The number of rotatable bonds is 4. The minimum atomic E-state index is -0.00426. The first-order chi connectivity index (χ1) is 11.6. The molecule has 0 N–H and O–H groups in total. The molecule has 122 valence electrons. The van der Waals surface area contributed by atoms with E-state index in [4.69, 9.17) is 4.74 Å². The second-order valence-electron chi connectivity index (χ2n) is 5.29. The number of aromatic nitrogens is 2. The molecule has 3 rings (SSSR count). The van der Waals surface area contributed by atoms with Crippen LogP contribution < -0.4 is 10.3 Å². The van der Waals surface area contributed by atoms with Crippen LogP contribution >= 0.6 is 22.6 Å². The van der Waals surface area contributed by atoms with Crippen molar-refractivity contribution >= 4 is 45.6 Å². The van der Waals surface area contributed by atoms with Crippen LogP contribution in [0.5, 0.6) is 5.75 Å². The summed E-state index contributed by atoms with van der Waals surface area (Å²) >= 11 is 2.21. The average Bonchev–Trinajstić information content (AvgIpc) is 2.61. The summed E-state index contributed by atoms with van der Waals surface area (Å²) in [6.07, 6.45) is 3.83. The Kier molecular flexibility index (Phi) is 4.99. The minimum absolute atomic E-state index is 0.00426. The molecular formula is C19H17IN2O2. The Morgan fingerprint density at radius 2 is 1.92 bits per heavy atom. The minimum Gasteiger partial charge on any atom is -0.497 e. The van der Waals surface area contributed by atoms with Crippen molar-refractivity contribution in [1.29, 1.82) is 0 Å². The lowest BCUT2D eigenvalue weighted by Crippen LogP contribution is -2.23. The van der Waals surface area contributed by atoms with Crippen molar-refractivity contribution in [3.05, 3.63) is 67.8 Å². The van der Waals surface area contributed by atoms with E-state index in [1.54, 1.807) is 11.7 Å². The van der Waals surface area contributed by atoms with Gasteiger partial charge >= 0.3 is 0 Å². The van der Waals surface area contributed by atoms with Crippen LogP contribution in [-0.2, 0) is 6.54 Å². The zero-order valence-corrected chi connectivity index (χ0v) is 15.6. The summed E-state index contributed by atoms with van der Waals surface area (Å²) in [6.45, 7) is 2.53. The molecule has 0 bridgehead atoms. The molecule has 5 heteroatoms. The normalized spacial score (nSPS) is 11.3. The maximum atomic E-state index is 12.7. The number of halogens is 1. The third kappa shape index (κ3) is 3.36. The van der Waals surface area contributed by atoms with Gasteiger partial charge in [-0.15, -0.1) is 0 Å². The summed E-state index contributed by atoms with van der Waals surface area (Å²) < 4.78 is 7.88. The van der Waals surface area contributed by atoms with Gasteiger partial charge in [0, 0.05) is 10.1 Å². The van der Waals surface area contributed by atoms with Crippen molar-refractivity contribution < 1.29 is 4.74 Å². The Morgan fingerprint density at radius 1 is 1.17 bits per heavy atom. The Labute approximate surface area is 153 Å². The fraction of sp³-hybridized carbons (Fsp3) is 0.158. The zero-order chi connectivity index (χ0) is 17.1. The monoisotopic (exact) mass is 432 g/mol. The number of hydrogen-bond donors (Lipinski definition) is 0. The van der Waals surface area contributed by atoms with Crippen LogP contribution in [0, 0.1) is 3.57 Å². The van der Waals surface area contributed by atoms with Gasteiger partial charge < -0.3 is 4.74 Å². The Bertz CT molecular complexity index is 960. The number of nitrogens with zero attached hydrogens (tertiary/aromatic N) is 2. The molecule has 0 radical (unpaired) electrons. The standard InChI is InChI=1S/C19H17IN2O2/c1-3-22-18(11-6-13-4-8-15(24-2)9-5-13)21-17-10-7-14(20)12-16(17)19(22)23/h4-12H,3H2,1-2H3/b11-6+. The second-order valence-corrected chi connectivity index (χ2v) is 6.53. The first-order valence-electron chi connectivity index (χ1n) is 7.64. The van der Waals surface area contributed by atoms with Gasteiger partial charge in [-0.1, -0.05) is 18.2 Å². The highest BCUT2D eigenvalue weighted by atomic mass is 127. The number of hydrogen-bond acceptors (Lipinski definition) is 3. The van der Waals surface area contributed by atoms with Crippen LogP contribution in [0.3, 0.4) is 0 Å². The van der Waals surface area contributed by atoms with E-state index in [0.717, 1.165) is 20.4 Å². The van der Waals surface area contributed by atoms with Crippen LogP contribution in [0.25, 0.3) is 23.1 Å². The fourth-order valence-corrected chi connectivity index (χ4v) is 3.02. The second kappa shape index (κ2) is 7.17. The molecule has 1 heterocycles. The molecule has 24 heavy (non-hydrogen) atoms. The van der Waals surface area contributed by atoms with Crippen LogP contribution in [0.15, 0.2) is 47.3 Å². The van der Waals surface area contributed by atoms with E-state index in [-0.39, 0.29) is 5.56 Å². The van der Waals surface area contributed by atoms with E-state index in [2.05, 4.69) is 27.6 Å². The molecule has 0 fully saturated rings. The average molecular weight is 432 g/mol. The maximum absolute atomic E-state index is 12.7. The molecular weight excluding hydrogens is 415 g/mol. The third-order valence-electron chi connectivity index (χ3n) is 3.80. The third-order valence-corrected chi connectivity index (χ3v) is 4.47. The van der Waals surface area contributed by atoms with Gasteiger partial charge in [-0.25, -0.2) is 4.98 Å². The summed E-state index contributed by atoms with van der Waals surface area (Å²) in [5, 5.41) is 0.658. The van der Waals surface area contributed by atoms with E-state index < -0.39 is 0 Å². The van der Waals surface area contributed by atoms with Crippen molar-refractivity contribution in [3.8, 4) is 5.75 Å². The molecule has 1 aromatic heterocycles. The first kappa shape index (κ1) is 16.7. The predicted octanol–water partition coefficient (Wildman–Crippen LogP) is 4.20. The van der Waals surface area contributed by atoms with Gasteiger partial charge in [-0.3, -0.25) is 9.36 Å². The van der Waals surface area contributed by atoms with Gasteiger partial charge in [-0.2, -0.15) is 0 Å². The smallest absolute Gasteiger partial charge is 0.261 e. The van der Waals surface area contributed by atoms with Crippen LogP contribution in [0.4, 0.5) is 0 Å². The van der Waals surface area contributed by atoms with E-state index >= 15 is 0 Å². The SMILES string of the molecule is CCn1c(/C=C/c2ccc(OC)cc2)nc2ccc(I)cc2c1=O.